The van der Waals surface area contributed by atoms with Crippen LogP contribution >= 0.6 is 0 Å². The molecule has 0 fully saturated rings. The van der Waals surface area contributed by atoms with Crippen molar-refractivity contribution in [3.05, 3.63) is 59.0 Å². The van der Waals surface area contributed by atoms with Crippen molar-refractivity contribution < 1.29 is 18.7 Å². The van der Waals surface area contributed by atoms with Crippen molar-refractivity contribution in [1.29, 1.82) is 0 Å². The standard InChI is InChI=1S/C19H23NO4/c1-13-7-8-16(10-14(13)2)18(21)20(11-15(3)19(22)23-4)12-17-6-5-9-24-17/h5-10,15H,11-12H2,1-4H3. The summed E-state index contributed by atoms with van der Waals surface area (Å²) in [4.78, 5) is 26.3. The van der Waals surface area contributed by atoms with Crippen molar-refractivity contribution in [2.45, 2.75) is 27.3 Å². The van der Waals surface area contributed by atoms with E-state index >= 15 is 0 Å². The molecule has 5 nitrogen and oxygen atoms in total. The largest absolute Gasteiger partial charge is 0.469 e. The Kier molecular flexibility index (Phi) is 5.79. The average Bonchev–Trinajstić information content (AvgIpc) is 3.08. The van der Waals surface area contributed by atoms with E-state index in [0.717, 1.165) is 11.1 Å². The molecule has 0 saturated heterocycles. The van der Waals surface area contributed by atoms with Gasteiger partial charge in [0.25, 0.3) is 5.91 Å². The molecule has 2 aromatic rings. The SMILES string of the molecule is COC(=O)C(C)CN(Cc1ccco1)C(=O)c1ccc(C)c(C)c1. The van der Waals surface area contributed by atoms with Gasteiger partial charge in [-0.1, -0.05) is 13.0 Å². The maximum Gasteiger partial charge on any atom is 0.310 e. The lowest BCUT2D eigenvalue weighted by molar-refractivity contribution is -0.145. The van der Waals surface area contributed by atoms with Crippen LogP contribution in [0.25, 0.3) is 0 Å². The molecule has 1 amide bonds. The number of carbonyl (C=O) groups excluding carboxylic acids is 2. The van der Waals surface area contributed by atoms with Gasteiger partial charge in [0.1, 0.15) is 5.76 Å². The fraction of sp³-hybridized carbons (Fsp3) is 0.368. The quantitative estimate of drug-likeness (QED) is 0.763. The van der Waals surface area contributed by atoms with Gasteiger partial charge < -0.3 is 14.1 Å². The van der Waals surface area contributed by atoms with E-state index in [1.807, 2.05) is 38.1 Å². The van der Waals surface area contributed by atoms with Crippen LogP contribution in [0.2, 0.25) is 0 Å². The molecule has 5 heteroatoms. The molecule has 1 aromatic heterocycles. The first-order valence-electron chi connectivity index (χ1n) is 7.89. The van der Waals surface area contributed by atoms with E-state index in [2.05, 4.69) is 0 Å². The number of furan rings is 1. The number of nitrogens with zero attached hydrogens (tertiary/aromatic N) is 1. The van der Waals surface area contributed by atoms with E-state index in [4.69, 9.17) is 9.15 Å². The third-order valence-electron chi connectivity index (χ3n) is 4.07. The van der Waals surface area contributed by atoms with Crippen LogP contribution in [0.15, 0.2) is 41.0 Å². The Morgan fingerprint density at radius 2 is 1.96 bits per heavy atom. The third-order valence-corrected chi connectivity index (χ3v) is 4.07. The summed E-state index contributed by atoms with van der Waals surface area (Å²) in [5, 5.41) is 0. The van der Waals surface area contributed by atoms with Crippen LogP contribution in [0.5, 0.6) is 0 Å². The van der Waals surface area contributed by atoms with Crippen LogP contribution in [0.1, 0.15) is 34.2 Å². The van der Waals surface area contributed by atoms with Gasteiger partial charge >= 0.3 is 5.97 Å². The number of aryl methyl sites for hydroxylation is 2. The van der Waals surface area contributed by atoms with E-state index in [-0.39, 0.29) is 18.4 Å². The molecule has 0 saturated carbocycles. The highest BCUT2D eigenvalue weighted by atomic mass is 16.5. The minimum Gasteiger partial charge on any atom is -0.469 e. The summed E-state index contributed by atoms with van der Waals surface area (Å²) in [5.74, 6) is -0.220. The zero-order valence-corrected chi connectivity index (χ0v) is 14.5. The Balaban J connectivity index is 2.24. The number of esters is 1. The number of benzene rings is 1. The first-order valence-corrected chi connectivity index (χ1v) is 7.89. The summed E-state index contributed by atoms with van der Waals surface area (Å²) in [7, 11) is 1.35. The highest BCUT2D eigenvalue weighted by molar-refractivity contribution is 5.94. The summed E-state index contributed by atoms with van der Waals surface area (Å²) < 4.78 is 10.1. The lowest BCUT2D eigenvalue weighted by atomic mass is 10.0. The zero-order chi connectivity index (χ0) is 17.7. The topological polar surface area (TPSA) is 59.8 Å². The van der Waals surface area contributed by atoms with Gasteiger partial charge in [0.2, 0.25) is 0 Å². The summed E-state index contributed by atoms with van der Waals surface area (Å²) in [6, 6.07) is 9.19. The average molecular weight is 329 g/mol. The van der Waals surface area contributed by atoms with Gasteiger partial charge in [-0.05, 0) is 49.2 Å². The van der Waals surface area contributed by atoms with Gasteiger partial charge in [-0.15, -0.1) is 0 Å². The van der Waals surface area contributed by atoms with Gasteiger partial charge in [0, 0.05) is 12.1 Å². The monoisotopic (exact) mass is 329 g/mol. The Morgan fingerprint density at radius 1 is 1.21 bits per heavy atom. The van der Waals surface area contributed by atoms with Gasteiger partial charge in [0.05, 0.1) is 25.8 Å². The van der Waals surface area contributed by atoms with E-state index in [0.29, 0.717) is 17.9 Å². The Morgan fingerprint density at radius 3 is 2.54 bits per heavy atom. The van der Waals surface area contributed by atoms with Crippen molar-refractivity contribution in [3.8, 4) is 0 Å². The minimum absolute atomic E-state index is 0.134. The summed E-state index contributed by atoms with van der Waals surface area (Å²) in [6.45, 7) is 6.29. The molecule has 1 atom stereocenters. The predicted octanol–water partition coefficient (Wildman–Crippen LogP) is 3.35. The highest BCUT2D eigenvalue weighted by Crippen LogP contribution is 2.16. The molecule has 0 spiro atoms. The van der Waals surface area contributed by atoms with Crippen molar-refractivity contribution in [2.24, 2.45) is 5.92 Å². The van der Waals surface area contributed by atoms with Crippen molar-refractivity contribution in [2.75, 3.05) is 13.7 Å². The first kappa shape index (κ1) is 17.8. The molecular formula is C19H23NO4. The third kappa shape index (κ3) is 4.25. The molecule has 0 aliphatic heterocycles. The maximum atomic E-state index is 12.9. The lowest BCUT2D eigenvalue weighted by Gasteiger charge is -2.24. The molecule has 1 aromatic carbocycles. The lowest BCUT2D eigenvalue weighted by Crippen LogP contribution is -2.36. The molecule has 1 unspecified atom stereocenters. The summed E-state index contributed by atoms with van der Waals surface area (Å²) in [6.07, 6.45) is 1.57. The Hall–Kier alpha value is -2.56. The smallest absolute Gasteiger partial charge is 0.310 e. The predicted molar refractivity (Wildman–Crippen MR) is 90.5 cm³/mol. The van der Waals surface area contributed by atoms with Gasteiger partial charge in [-0.3, -0.25) is 9.59 Å². The van der Waals surface area contributed by atoms with Crippen molar-refractivity contribution in [3.63, 3.8) is 0 Å². The van der Waals surface area contributed by atoms with Gasteiger partial charge in [-0.2, -0.15) is 0 Å². The second-order valence-electron chi connectivity index (χ2n) is 5.99. The zero-order valence-electron chi connectivity index (χ0n) is 14.5. The van der Waals surface area contributed by atoms with E-state index in [1.165, 1.54) is 7.11 Å². The molecule has 0 N–H and O–H groups in total. The number of carbonyl (C=O) groups is 2. The van der Waals surface area contributed by atoms with Crippen LogP contribution in [0.4, 0.5) is 0 Å². The summed E-state index contributed by atoms with van der Waals surface area (Å²) >= 11 is 0. The van der Waals surface area contributed by atoms with Crippen molar-refractivity contribution in [1.82, 2.24) is 4.90 Å². The number of hydrogen-bond donors (Lipinski definition) is 0. The second kappa shape index (κ2) is 7.81. The molecule has 1 heterocycles. The van der Waals surface area contributed by atoms with E-state index < -0.39 is 5.92 Å². The number of amides is 1. The normalized spacial score (nSPS) is 11.8. The Labute approximate surface area is 142 Å². The molecular weight excluding hydrogens is 306 g/mol. The molecule has 128 valence electrons. The van der Waals surface area contributed by atoms with E-state index in [1.54, 1.807) is 24.2 Å². The molecule has 0 radical (unpaired) electrons. The highest BCUT2D eigenvalue weighted by Gasteiger charge is 2.23. The minimum atomic E-state index is -0.416. The van der Waals surface area contributed by atoms with Crippen molar-refractivity contribution >= 4 is 11.9 Å². The molecule has 0 aliphatic carbocycles. The Bertz CT molecular complexity index is 706. The number of rotatable bonds is 6. The van der Waals surface area contributed by atoms with E-state index in [9.17, 15) is 9.59 Å². The first-order chi connectivity index (χ1) is 11.4. The molecule has 24 heavy (non-hydrogen) atoms. The van der Waals surface area contributed by atoms with Crippen LogP contribution in [-0.4, -0.2) is 30.4 Å². The fourth-order valence-electron chi connectivity index (χ4n) is 2.47. The van der Waals surface area contributed by atoms with Crippen LogP contribution in [0, 0.1) is 19.8 Å². The van der Waals surface area contributed by atoms with Crippen LogP contribution in [0.3, 0.4) is 0 Å². The molecule has 0 aliphatic rings. The fourth-order valence-corrected chi connectivity index (χ4v) is 2.47. The molecule has 2 rings (SSSR count). The summed E-state index contributed by atoms with van der Waals surface area (Å²) in [5.41, 5.74) is 2.79. The van der Waals surface area contributed by atoms with Gasteiger partial charge in [-0.25, -0.2) is 0 Å². The second-order valence-corrected chi connectivity index (χ2v) is 5.99. The van der Waals surface area contributed by atoms with Crippen LogP contribution < -0.4 is 0 Å². The number of ether oxygens (including phenoxy) is 1. The molecule has 0 bridgehead atoms. The van der Waals surface area contributed by atoms with Gasteiger partial charge in [0.15, 0.2) is 0 Å². The van der Waals surface area contributed by atoms with Crippen LogP contribution in [-0.2, 0) is 16.1 Å². The maximum absolute atomic E-state index is 12.9. The number of methoxy groups -OCH3 is 1. The number of hydrogen-bond acceptors (Lipinski definition) is 4.